The van der Waals surface area contributed by atoms with Crippen LogP contribution in [0.3, 0.4) is 0 Å². The van der Waals surface area contributed by atoms with Crippen LogP contribution in [0.25, 0.3) is 0 Å². The zero-order valence-corrected chi connectivity index (χ0v) is 14.3. The van der Waals surface area contributed by atoms with Gasteiger partial charge in [0, 0.05) is 18.9 Å². The van der Waals surface area contributed by atoms with Crippen molar-refractivity contribution in [1.82, 2.24) is 20.4 Å². The average Bonchev–Trinajstić information content (AvgIpc) is 2.91. The third-order valence-corrected chi connectivity index (χ3v) is 3.99. The van der Waals surface area contributed by atoms with E-state index in [2.05, 4.69) is 34.2 Å². The van der Waals surface area contributed by atoms with Crippen molar-refractivity contribution in [3.63, 3.8) is 0 Å². The third-order valence-electron chi connectivity index (χ3n) is 3.99. The lowest BCUT2D eigenvalue weighted by atomic mass is 9.96. The molecule has 7 heteroatoms. The summed E-state index contributed by atoms with van der Waals surface area (Å²) in [5.74, 6) is 2.00. The molecule has 0 aromatic carbocycles. The second kappa shape index (κ2) is 8.40. The zero-order valence-electron chi connectivity index (χ0n) is 14.3. The molecule has 1 saturated heterocycles. The smallest absolute Gasteiger partial charge is 0.240 e. The Hall–Kier alpha value is -1.47. The Morgan fingerprint density at radius 2 is 2.09 bits per heavy atom. The molecule has 1 amide bonds. The molecular formula is C16H28N4O3. The first-order valence-corrected chi connectivity index (χ1v) is 8.43. The quantitative estimate of drug-likeness (QED) is 0.777. The monoisotopic (exact) mass is 324 g/mol. The Morgan fingerprint density at radius 3 is 2.70 bits per heavy atom. The van der Waals surface area contributed by atoms with Gasteiger partial charge in [0.1, 0.15) is 0 Å². The van der Waals surface area contributed by atoms with Gasteiger partial charge in [-0.2, -0.15) is 4.98 Å². The van der Waals surface area contributed by atoms with Crippen LogP contribution < -0.4 is 5.32 Å². The summed E-state index contributed by atoms with van der Waals surface area (Å²) in [6.45, 7) is 8.57. The van der Waals surface area contributed by atoms with Crippen molar-refractivity contribution in [2.75, 3.05) is 19.6 Å². The number of nitrogens with one attached hydrogen (secondary N) is 1. The lowest BCUT2D eigenvalue weighted by Gasteiger charge is -2.30. The molecule has 0 aliphatic carbocycles. The van der Waals surface area contributed by atoms with Gasteiger partial charge in [0.05, 0.1) is 12.6 Å². The van der Waals surface area contributed by atoms with E-state index in [0.29, 0.717) is 24.9 Å². The first kappa shape index (κ1) is 17.9. The summed E-state index contributed by atoms with van der Waals surface area (Å²) in [6, 6.07) is 0. The molecule has 1 aliphatic rings. The van der Waals surface area contributed by atoms with Gasteiger partial charge in [0.15, 0.2) is 5.82 Å². The maximum atomic E-state index is 12.0. The molecule has 130 valence electrons. The minimum absolute atomic E-state index is 0.0317. The molecular weight excluding hydrogens is 296 g/mol. The van der Waals surface area contributed by atoms with Crippen LogP contribution in [-0.2, 0) is 17.8 Å². The zero-order chi connectivity index (χ0) is 16.8. The summed E-state index contributed by atoms with van der Waals surface area (Å²) in [7, 11) is 0. The predicted molar refractivity (Wildman–Crippen MR) is 85.5 cm³/mol. The van der Waals surface area contributed by atoms with Crippen LogP contribution in [0, 0.1) is 11.8 Å². The number of nitrogens with zero attached hydrogens (tertiary/aromatic N) is 3. The summed E-state index contributed by atoms with van der Waals surface area (Å²) in [4.78, 5) is 18.7. The van der Waals surface area contributed by atoms with Crippen LogP contribution in [0.15, 0.2) is 4.52 Å². The van der Waals surface area contributed by atoms with E-state index in [1.807, 2.05) is 0 Å². The van der Waals surface area contributed by atoms with Crippen LogP contribution in [-0.4, -0.2) is 51.8 Å². The van der Waals surface area contributed by atoms with Gasteiger partial charge in [-0.3, -0.25) is 9.69 Å². The summed E-state index contributed by atoms with van der Waals surface area (Å²) < 4.78 is 5.30. The molecule has 0 saturated carbocycles. The molecule has 1 aliphatic heterocycles. The number of carbonyl (C=O) groups excluding carboxylic acids is 1. The number of aliphatic hydroxyl groups is 1. The van der Waals surface area contributed by atoms with E-state index >= 15 is 0 Å². The molecule has 1 aromatic heterocycles. The van der Waals surface area contributed by atoms with Gasteiger partial charge in [0.25, 0.3) is 0 Å². The van der Waals surface area contributed by atoms with Crippen molar-refractivity contribution in [3.8, 4) is 0 Å². The lowest BCUT2D eigenvalue weighted by molar-refractivity contribution is -0.126. The van der Waals surface area contributed by atoms with E-state index in [4.69, 9.17) is 4.52 Å². The highest BCUT2D eigenvalue weighted by molar-refractivity contribution is 5.78. The molecule has 1 aromatic rings. The van der Waals surface area contributed by atoms with Crippen molar-refractivity contribution in [2.45, 2.75) is 52.7 Å². The van der Waals surface area contributed by atoms with E-state index < -0.39 is 6.10 Å². The normalized spacial score (nSPS) is 18.3. The molecule has 23 heavy (non-hydrogen) atoms. The van der Waals surface area contributed by atoms with Gasteiger partial charge in [-0.1, -0.05) is 19.0 Å². The number of rotatable bonds is 7. The lowest BCUT2D eigenvalue weighted by Crippen LogP contribution is -2.41. The van der Waals surface area contributed by atoms with Crippen molar-refractivity contribution in [3.05, 3.63) is 11.7 Å². The maximum absolute atomic E-state index is 12.0. The molecule has 0 unspecified atom stereocenters. The van der Waals surface area contributed by atoms with Gasteiger partial charge in [-0.25, -0.2) is 0 Å². The molecule has 1 atom stereocenters. The van der Waals surface area contributed by atoms with Crippen molar-refractivity contribution < 1.29 is 14.4 Å². The molecule has 7 nitrogen and oxygen atoms in total. The Morgan fingerprint density at radius 1 is 1.39 bits per heavy atom. The van der Waals surface area contributed by atoms with Gasteiger partial charge in [-0.05, 0) is 38.8 Å². The average molecular weight is 324 g/mol. The van der Waals surface area contributed by atoms with E-state index in [9.17, 15) is 9.90 Å². The predicted octanol–water partition coefficient (Wildman–Crippen LogP) is 0.977. The standard InChI is InChI=1S/C16H28N4O3/c1-11(2)8-14-18-15(23-19-14)10-20-6-4-13(5-7-20)16(22)17-9-12(3)21/h11-13,21H,4-10H2,1-3H3,(H,17,22)/t12-/m0/s1. The van der Waals surface area contributed by atoms with Gasteiger partial charge in [-0.15, -0.1) is 0 Å². The maximum Gasteiger partial charge on any atom is 0.240 e. The Bertz CT molecular complexity index is 493. The number of aliphatic hydroxyl groups excluding tert-OH is 1. The Labute approximate surface area is 137 Å². The van der Waals surface area contributed by atoms with Crippen molar-refractivity contribution in [2.24, 2.45) is 11.8 Å². The number of amides is 1. The number of hydrogen-bond donors (Lipinski definition) is 2. The summed E-state index contributed by atoms with van der Waals surface area (Å²) >= 11 is 0. The first-order valence-electron chi connectivity index (χ1n) is 8.43. The van der Waals surface area contributed by atoms with Crippen LogP contribution in [0.1, 0.15) is 45.3 Å². The van der Waals surface area contributed by atoms with Crippen LogP contribution in [0.4, 0.5) is 0 Å². The molecule has 0 bridgehead atoms. The highest BCUT2D eigenvalue weighted by atomic mass is 16.5. The third kappa shape index (κ3) is 5.91. The van der Waals surface area contributed by atoms with Gasteiger partial charge < -0.3 is 14.9 Å². The SMILES string of the molecule is CC(C)Cc1noc(CN2CCC(C(=O)NC[C@H](C)O)CC2)n1. The van der Waals surface area contributed by atoms with E-state index in [0.717, 1.165) is 38.2 Å². The van der Waals surface area contributed by atoms with Gasteiger partial charge >= 0.3 is 0 Å². The number of carbonyl (C=O) groups is 1. The summed E-state index contributed by atoms with van der Waals surface area (Å²) in [5, 5.41) is 16.0. The topological polar surface area (TPSA) is 91.5 Å². The summed E-state index contributed by atoms with van der Waals surface area (Å²) in [6.07, 6.45) is 1.96. The molecule has 2 N–H and O–H groups in total. The van der Waals surface area contributed by atoms with Crippen LogP contribution >= 0.6 is 0 Å². The minimum Gasteiger partial charge on any atom is -0.392 e. The first-order chi connectivity index (χ1) is 10.9. The van der Waals surface area contributed by atoms with E-state index in [1.54, 1.807) is 6.92 Å². The largest absolute Gasteiger partial charge is 0.392 e. The number of piperidine rings is 1. The second-order valence-electron chi connectivity index (χ2n) is 6.85. The van der Waals surface area contributed by atoms with E-state index in [1.165, 1.54) is 0 Å². The Kier molecular flexibility index (Phi) is 6.53. The molecule has 2 rings (SSSR count). The van der Waals surface area contributed by atoms with Crippen LogP contribution in [0.5, 0.6) is 0 Å². The fourth-order valence-electron chi connectivity index (χ4n) is 2.74. The Balaban J connectivity index is 1.74. The van der Waals surface area contributed by atoms with Crippen LogP contribution in [0.2, 0.25) is 0 Å². The second-order valence-corrected chi connectivity index (χ2v) is 6.85. The number of aromatic nitrogens is 2. The summed E-state index contributed by atoms with van der Waals surface area (Å²) in [5.41, 5.74) is 0. The number of hydrogen-bond acceptors (Lipinski definition) is 6. The fourth-order valence-corrected chi connectivity index (χ4v) is 2.74. The van der Waals surface area contributed by atoms with Crippen molar-refractivity contribution >= 4 is 5.91 Å². The van der Waals surface area contributed by atoms with E-state index in [-0.39, 0.29) is 11.8 Å². The van der Waals surface area contributed by atoms with Gasteiger partial charge in [0.2, 0.25) is 11.8 Å². The molecule has 0 radical (unpaired) electrons. The highest BCUT2D eigenvalue weighted by Gasteiger charge is 2.25. The minimum atomic E-state index is -0.503. The molecule has 1 fully saturated rings. The molecule has 0 spiro atoms. The van der Waals surface area contributed by atoms with Crippen molar-refractivity contribution in [1.29, 1.82) is 0 Å². The number of likely N-dealkylation sites (tertiary alicyclic amines) is 1. The fraction of sp³-hybridized carbons (Fsp3) is 0.812. The highest BCUT2D eigenvalue weighted by Crippen LogP contribution is 2.19. The molecule has 2 heterocycles.